The summed E-state index contributed by atoms with van der Waals surface area (Å²) in [5.41, 5.74) is 1.78. The Hall–Kier alpha value is -2.30. The minimum atomic E-state index is -1.21. The first-order valence-corrected chi connectivity index (χ1v) is 8.01. The maximum absolute atomic E-state index is 12.3. The number of aryl methyl sites for hydroxylation is 1. The van der Waals surface area contributed by atoms with Crippen molar-refractivity contribution >= 4 is 11.8 Å². The summed E-state index contributed by atoms with van der Waals surface area (Å²) in [6.07, 6.45) is 3.31. The van der Waals surface area contributed by atoms with Crippen LogP contribution in [0.25, 0.3) is 0 Å². The molecule has 130 valence electrons. The molecule has 5 heteroatoms. The first-order valence-electron chi connectivity index (χ1n) is 8.01. The second kappa shape index (κ2) is 7.07. The third kappa shape index (κ3) is 4.16. The molecule has 2 rings (SSSR count). The first-order chi connectivity index (χ1) is 11.2. The normalized spacial score (nSPS) is 20.6. The van der Waals surface area contributed by atoms with Crippen LogP contribution in [-0.4, -0.2) is 24.0 Å². The van der Waals surface area contributed by atoms with Gasteiger partial charge >= 0.3 is 5.97 Å². The van der Waals surface area contributed by atoms with E-state index in [4.69, 9.17) is 14.6 Å². The van der Waals surface area contributed by atoms with Crippen LogP contribution in [0, 0.1) is 12.3 Å². The number of aliphatic carboxylic acids is 1. The highest BCUT2D eigenvalue weighted by Crippen LogP contribution is 2.42. The van der Waals surface area contributed by atoms with Gasteiger partial charge in [0.05, 0.1) is 7.11 Å². The van der Waals surface area contributed by atoms with Crippen molar-refractivity contribution in [3.63, 3.8) is 0 Å². The Morgan fingerprint density at radius 2 is 2.08 bits per heavy atom. The smallest absolute Gasteiger partial charge is 0.375 e. The molecule has 5 nitrogen and oxygen atoms in total. The minimum Gasteiger partial charge on any atom is -0.500 e. The molecule has 1 N–H and O–H groups in total. The second-order valence-corrected chi connectivity index (χ2v) is 7.04. The van der Waals surface area contributed by atoms with Gasteiger partial charge in [0, 0.05) is 12.3 Å². The summed E-state index contributed by atoms with van der Waals surface area (Å²) in [7, 11) is 1.36. The van der Waals surface area contributed by atoms with Gasteiger partial charge < -0.3 is 14.6 Å². The highest BCUT2D eigenvalue weighted by molar-refractivity contribution is 5.87. The molecule has 1 aliphatic rings. The molecule has 0 aromatic heterocycles. The summed E-state index contributed by atoms with van der Waals surface area (Å²) in [5, 5.41) is 9.16. The van der Waals surface area contributed by atoms with E-state index in [0.717, 1.165) is 30.2 Å². The van der Waals surface area contributed by atoms with E-state index in [1.54, 1.807) is 6.07 Å². The number of rotatable bonds is 5. The zero-order valence-corrected chi connectivity index (χ0v) is 14.6. The highest BCUT2D eigenvalue weighted by atomic mass is 16.5. The van der Waals surface area contributed by atoms with Crippen LogP contribution >= 0.6 is 0 Å². The molecule has 0 spiro atoms. The number of carboxylic acid groups (broad SMARTS) is 1. The number of carbonyl (C=O) groups is 2. The molecular formula is C19H24O5. The van der Waals surface area contributed by atoms with Gasteiger partial charge in [-0.25, -0.2) is 4.79 Å². The van der Waals surface area contributed by atoms with Crippen LogP contribution in [-0.2, 0) is 14.3 Å². The average Bonchev–Trinajstić information content (AvgIpc) is 2.51. The van der Waals surface area contributed by atoms with Crippen molar-refractivity contribution in [1.82, 2.24) is 0 Å². The van der Waals surface area contributed by atoms with Crippen molar-refractivity contribution in [3.05, 3.63) is 41.3 Å². The van der Waals surface area contributed by atoms with Gasteiger partial charge in [-0.2, -0.15) is 0 Å². The molecule has 0 aliphatic heterocycles. The molecule has 0 amide bonds. The van der Waals surface area contributed by atoms with Crippen molar-refractivity contribution in [2.45, 2.75) is 46.0 Å². The predicted octanol–water partition coefficient (Wildman–Crippen LogP) is 3.81. The number of ketones is 1. The number of benzene rings is 1. The Bertz CT molecular complexity index is 672. The lowest BCUT2D eigenvalue weighted by molar-refractivity contribution is -0.135. The van der Waals surface area contributed by atoms with Crippen LogP contribution in [0.3, 0.4) is 0 Å². The Kier molecular flexibility index (Phi) is 5.32. The van der Waals surface area contributed by atoms with E-state index in [0.29, 0.717) is 12.2 Å². The molecule has 1 aliphatic carbocycles. The Morgan fingerprint density at radius 1 is 1.38 bits per heavy atom. The fraction of sp³-hybridized carbons (Fsp3) is 0.474. The van der Waals surface area contributed by atoms with Crippen molar-refractivity contribution in [1.29, 1.82) is 0 Å². The second-order valence-electron chi connectivity index (χ2n) is 7.04. The van der Waals surface area contributed by atoms with E-state index < -0.39 is 5.97 Å². The van der Waals surface area contributed by atoms with E-state index >= 15 is 0 Å². The van der Waals surface area contributed by atoms with Gasteiger partial charge in [0.1, 0.15) is 17.8 Å². The zero-order valence-electron chi connectivity index (χ0n) is 14.6. The summed E-state index contributed by atoms with van der Waals surface area (Å²) in [6, 6.07) is 5.55. The van der Waals surface area contributed by atoms with Crippen molar-refractivity contribution in [2.24, 2.45) is 5.41 Å². The van der Waals surface area contributed by atoms with Gasteiger partial charge in [-0.15, -0.1) is 0 Å². The summed E-state index contributed by atoms with van der Waals surface area (Å²) in [6.45, 7) is 6.17. The van der Waals surface area contributed by atoms with Crippen LogP contribution in [0.4, 0.5) is 0 Å². The van der Waals surface area contributed by atoms with E-state index in [1.165, 1.54) is 7.11 Å². The number of ether oxygens (including phenoxy) is 2. The first kappa shape index (κ1) is 18.0. The van der Waals surface area contributed by atoms with Gasteiger partial charge in [0.2, 0.25) is 5.76 Å². The molecule has 0 heterocycles. The lowest BCUT2D eigenvalue weighted by atomic mass is 9.69. The standard InChI is InChI=1S/C19H24O5/c1-12-5-6-13(14-10-19(2,3)8-7-15(14)20)9-16(12)24-17(11-23-4)18(21)22/h5-6,9,11,14H,7-8,10H2,1-4H3,(H,21,22)/b17-11-. The molecular weight excluding hydrogens is 308 g/mol. The molecule has 1 fully saturated rings. The maximum atomic E-state index is 12.3. The van der Waals surface area contributed by atoms with E-state index in [1.807, 2.05) is 19.1 Å². The topological polar surface area (TPSA) is 72.8 Å². The number of carbonyl (C=O) groups excluding carboxylic acids is 1. The molecule has 1 saturated carbocycles. The van der Waals surface area contributed by atoms with Gasteiger partial charge in [0.15, 0.2) is 0 Å². The fourth-order valence-electron chi connectivity index (χ4n) is 3.00. The largest absolute Gasteiger partial charge is 0.500 e. The van der Waals surface area contributed by atoms with Crippen molar-refractivity contribution in [2.75, 3.05) is 7.11 Å². The Labute approximate surface area is 142 Å². The summed E-state index contributed by atoms with van der Waals surface area (Å²) >= 11 is 0. The SMILES string of the molecule is CO/C=C(\Oc1cc(C2CC(C)(C)CCC2=O)ccc1C)C(=O)O. The van der Waals surface area contributed by atoms with Crippen LogP contribution in [0.1, 0.15) is 50.2 Å². The van der Waals surface area contributed by atoms with Crippen LogP contribution < -0.4 is 4.74 Å². The molecule has 0 bridgehead atoms. The van der Waals surface area contributed by atoms with Gasteiger partial charge in [-0.3, -0.25) is 4.79 Å². The number of carboxylic acids is 1. The van der Waals surface area contributed by atoms with Gasteiger partial charge in [0.25, 0.3) is 0 Å². The molecule has 24 heavy (non-hydrogen) atoms. The number of Topliss-reactive ketones (excluding diaryl/α,β-unsaturated/α-hetero) is 1. The highest BCUT2D eigenvalue weighted by Gasteiger charge is 2.34. The number of hydrogen-bond acceptors (Lipinski definition) is 4. The Balaban J connectivity index is 2.32. The molecule has 0 saturated heterocycles. The predicted molar refractivity (Wildman–Crippen MR) is 89.9 cm³/mol. The number of methoxy groups -OCH3 is 1. The summed E-state index contributed by atoms with van der Waals surface area (Å²) < 4.78 is 10.2. The van der Waals surface area contributed by atoms with Gasteiger partial charge in [-0.1, -0.05) is 26.0 Å². The lowest BCUT2D eigenvalue weighted by Gasteiger charge is -2.34. The molecule has 0 radical (unpaired) electrons. The third-order valence-electron chi connectivity index (χ3n) is 4.46. The molecule has 1 aromatic carbocycles. The average molecular weight is 332 g/mol. The fourth-order valence-corrected chi connectivity index (χ4v) is 3.00. The van der Waals surface area contributed by atoms with Gasteiger partial charge in [-0.05, 0) is 42.4 Å². The van der Waals surface area contributed by atoms with E-state index in [9.17, 15) is 9.59 Å². The van der Waals surface area contributed by atoms with Crippen molar-refractivity contribution in [3.8, 4) is 5.75 Å². The van der Waals surface area contributed by atoms with E-state index in [-0.39, 0.29) is 22.9 Å². The maximum Gasteiger partial charge on any atom is 0.375 e. The zero-order chi connectivity index (χ0) is 17.9. The molecule has 1 atom stereocenters. The van der Waals surface area contributed by atoms with Crippen LogP contribution in [0.15, 0.2) is 30.2 Å². The van der Waals surface area contributed by atoms with Crippen LogP contribution in [0.5, 0.6) is 5.75 Å². The molecule has 1 unspecified atom stereocenters. The Morgan fingerprint density at radius 3 is 2.71 bits per heavy atom. The quantitative estimate of drug-likeness (QED) is 0.656. The van der Waals surface area contributed by atoms with Crippen molar-refractivity contribution < 1.29 is 24.2 Å². The van der Waals surface area contributed by atoms with E-state index in [2.05, 4.69) is 13.8 Å². The summed E-state index contributed by atoms with van der Waals surface area (Å²) in [5.74, 6) is -1.02. The monoisotopic (exact) mass is 332 g/mol. The summed E-state index contributed by atoms with van der Waals surface area (Å²) in [4.78, 5) is 23.5. The minimum absolute atomic E-state index is 0.118. The number of hydrogen-bond donors (Lipinski definition) is 1. The third-order valence-corrected chi connectivity index (χ3v) is 4.46. The lowest BCUT2D eigenvalue weighted by Crippen LogP contribution is -2.28. The van der Waals surface area contributed by atoms with Crippen LogP contribution in [0.2, 0.25) is 0 Å². The molecule has 1 aromatic rings.